The van der Waals surface area contributed by atoms with E-state index in [2.05, 4.69) is 15.3 Å². The number of nitrogens with zero attached hydrogens (tertiary/aromatic N) is 1. The van der Waals surface area contributed by atoms with Crippen molar-refractivity contribution >= 4 is 18.1 Å². The van der Waals surface area contributed by atoms with Gasteiger partial charge in [0.1, 0.15) is 11.5 Å². The molecule has 1 N–H and O–H groups in total. The van der Waals surface area contributed by atoms with Crippen molar-refractivity contribution in [3.8, 4) is 11.3 Å². The molecular formula is C21H18N2O4. The third-order valence-corrected chi connectivity index (χ3v) is 3.81. The van der Waals surface area contributed by atoms with Crippen LogP contribution in [0.4, 0.5) is 0 Å². The fourth-order valence-electron chi connectivity index (χ4n) is 2.45. The summed E-state index contributed by atoms with van der Waals surface area (Å²) in [4.78, 5) is 23.3. The minimum absolute atomic E-state index is 0.206. The number of furan rings is 1. The van der Waals surface area contributed by atoms with Crippen LogP contribution < -0.4 is 5.43 Å². The zero-order chi connectivity index (χ0) is 19.1. The Morgan fingerprint density at radius 3 is 2.48 bits per heavy atom. The second-order valence-corrected chi connectivity index (χ2v) is 5.73. The summed E-state index contributed by atoms with van der Waals surface area (Å²) in [7, 11) is 1.34. The van der Waals surface area contributed by atoms with Crippen molar-refractivity contribution in [3.05, 3.63) is 83.6 Å². The molecule has 0 radical (unpaired) electrons. The Hall–Kier alpha value is -3.67. The number of hydrogen-bond acceptors (Lipinski definition) is 5. The van der Waals surface area contributed by atoms with Crippen LogP contribution in [-0.2, 0) is 16.0 Å². The van der Waals surface area contributed by atoms with Crippen LogP contribution in [0.25, 0.3) is 11.3 Å². The van der Waals surface area contributed by atoms with E-state index in [9.17, 15) is 9.59 Å². The Bertz CT molecular complexity index is 944. The number of methoxy groups -OCH3 is 1. The largest absolute Gasteiger partial charge is 0.465 e. The summed E-state index contributed by atoms with van der Waals surface area (Å²) in [5.41, 5.74) is 4.68. The maximum Gasteiger partial charge on any atom is 0.337 e. The smallest absolute Gasteiger partial charge is 0.337 e. The van der Waals surface area contributed by atoms with Gasteiger partial charge < -0.3 is 9.15 Å². The Kier molecular flexibility index (Phi) is 5.79. The lowest BCUT2D eigenvalue weighted by Crippen LogP contribution is -2.19. The molecule has 6 nitrogen and oxygen atoms in total. The van der Waals surface area contributed by atoms with E-state index in [-0.39, 0.29) is 18.3 Å². The van der Waals surface area contributed by atoms with Gasteiger partial charge in [-0.1, -0.05) is 42.5 Å². The number of carbonyl (C=O) groups is 2. The molecule has 0 aliphatic rings. The number of carbonyl (C=O) groups excluding carboxylic acids is 2. The molecule has 27 heavy (non-hydrogen) atoms. The molecule has 0 saturated carbocycles. The van der Waals surface area contributed by atoms with Crippen molar-refractivity contribution in [1.82, 2.24) is 5.43 Å². The molecule has 3 aromatic rings. The first-order valence-corrected chi connectivity index (χ1v) is 8.30. The van der Waals surface area contributed by atoms with Crippen LogP contribution in [0.15, 0.2) is 76.2 Å². The first-order chi connectivity index (χ1) is 13.2. The minimum Gasteiger partial charge on any atom is -0.465 e. The SMILES string of the molecule is COC(=O)c1ccc(-c2ccc(/C=N\NC(=O)Cc3ccccc3)o2)cc1. The third kappa shape index (κ3) is 4.92. The maximum atomic E-state index is 11.8. The van der Waals surface area contributed by atoms with Crippen molar-refractivity contribution in [1.29, 1.82) is 0 Å². The number of esters is 1. The van der Waals surface area contributed by atoms with E-state index >= 15 is 0 Å². The van der Waals surface area contributed by atoms with Crippen molar-refractivity contribution in [2.24, 2.45) is 5.10 Å². The highest BCUT2D eigenvalue weighted by Gasteiger charge is 2.08. The lowest BCUT2D eigenvalue weighted by molar-refractivity contribution is -0.120. The number of hydrazone groups is 1. The summed E-state index contributed by atoms with van der Waals surface area (Å²) in [6.45, 7) is 0. The Morgan fingerprint density at radius 2 is 1.78 bits per heavy atom. The molecule has 0 spiro atoms. The van der Waals surface area contributed by atoms with Crippen LogP contribution in [0.2, 0.25) is 0 Å². The van der Waals surface area contributed by atoms with Crippen LogP contribution >= 0.6 is 0 Å². The van der Waals surface area contributed by atoms with Crippen molar-refractivity contribution in [2.45, 2.75) is 6.42 Å². The molecule has 0 fully saturated rings. The van der Waals surface area contributed by atoms with E-state index < -0.39 is 0 Å². The predicted molar refractivity (Wildman–Crippen MR) is 101 cm³/mol. The number of ether oxygens (including phenoxy) is 1. The minimum atomic E-state index is -0.389. The van der Waals surface area contributed by atoms with Gasteiger partial charge in [0, 0.05) is 5.56 Å². The zero-order valence-corrected chi connectivity index (χ0v) is 14.7. The van der Waals surface area contributed by atoms with Gasteiger partial charge in [-0.25, -0.2) is 10.2 Å². The van der Waals surface area contributed by atoms with Crippen LogP contribution in [0.3, 0.4) is 0 Å². The molecule has 136 valence electrons. The standard InChI is InChI=1S/C21H18N2O4/c1-26-21(25)17-9-7-16(8-10-17)19-12-11-18(27-19)14-22-23-20(24)13-15-5-3-2-4-6-15/h2-12,14H,13H2,1H3,(H,23,24)/b22-14-. The fraction of sp³-hybridized carbons (Fsp3) is 0.0952. The van der Waals surface area contributed by atoms with Gasteiger partial charge >= 0.3 is 5.97 Å². The Labute approximate surface area is 156 Å². The van der Waals surface area contributed by atoms with Crippen LogP contribution in [0.1, 0.15) is 21.7 Å². The van der Waals surface area contributed by atoms with E-state index in [0.29, 0.717) is 17.1 Å². The number of amides is 1. The molecular weight excluding hydrogens is 344 g/mol. The summed E-state index contributed by atoms with van der Waals surface area (Å²) >= 11 is 0. The first-order valence-electron chi connectivity index (χ1n) is 8.30. The summed E-state index contributed by atoms with van der Waals surface area (Å²) in [5, 5.41) is 3.91. The van der Waals surface area contributed by atoms with Gasteiger partial charge in [0.2, 0.25) is 5.91 Å². The predicted octanol–water partition coefficient (Wildman–Crippen LogP) is 3.43. The highest BCUT2D eigenvalue weighted by Crippen LogP contribution is 2.22. The number of benzene rings is 2. The van der Waals surface area contributed by atoms with E-state index in [1.807, 2.05) is 30.3 Å². The van der Waals surface area contributed by atoms with Gasteiger partial charge in [-0.2, -0.15) is 5.10 Å². The van der Waals surface area contributed by atoms with Gasteiger partial charge in [-0.05, 0) is 29.8 Å². The van der Waals surface area contributed by atoms with E-state index in [1.54, 1.807) is 36.4 Å². The molecule has 1 aromatic heterocycles. The number of rotatable bonds is 6. The van der Waals surface area contributed by atoms with E-state index in [1.165, 1.54) is 13.3 Å². The molecule has 0 atom stereocenters. The average molecular weight is 362 g/mol. The summed E-state index contributed by atoms with van der Waals surface area (Å²) in [5.74, 6) is 0.535. The van der Waals surface area contributed by atoms with Gasteiger partial charge in [0.25, 0.3) is 0 Å². The van der Waals surface area contributed by atoms with Gasteiger partial charge in [-0.15, -0.1) is 0 Å². The van der Waals surface area contributed by atoms with Crippen molar-refractivity contribution in [3.63, 3.8) is 0 Å². The third-order valence-electron chi connectivity index (χ3n) is 3.81. The maximum absolute atomic E-state index is 11.8. The van der Waals surface area contributed by atoms with Crippen molar-refractivity contribution in [2.75, 3.05) is 7.11 Å². The molecule has 3 rings (SSSR count). The molecule has 0 unspecified atom stereocenters. The van der Waals surface area contributed by atoms with E-state index in [0.717, 1.165) is 11.1 Å². The lowest BCUT2D eigenvalue weighted by Gasteiger charge is -2.00. The van der Waals surface area contributed by atoms with Crippen molar-refractivity contribution < 1.29 is 18.7 Å². The van der Waals surface area contributed by atoms with Crippen LogP contribution in [0.5, 0.6) is 0 Å². The lowest BCUT2D eigenvalue weighted by atomic mass is 10.1. The van der Waals surface area contributed by atoms with Gasteiger partial charge in [0.15, 0.2) is 0 Å². The summed E-state index contributed by atoms with van der Waals surface area (Å²) < 4.78 is 10.4. The highest BCUT2D eigenvalue weighted by molar-refractivity contribution is 5.90. The zero-order valence-electron chi connectivity index (χ0n) is 14.7. The molecule has 1 amide bonds. The first kappa shape index (κ1) is 18.1. The Morgan fingerprint density at radius 1 is 1.04 bits per heavy atom. The molecule has 0 aliphatic carbocycles. The quantitative estimate of drug-likeness (QED) is 0.414. The fourth-order valence-corrected chi connectivity index (χ4v) is 2.45. The highest BCUT2D eigenvalue weighted by atomic mass is 16.5. The molecule has 6 heteroatoms. The van der Waals surface area contributed by atoms with Gasteiger partial charge in [0.05, 0.1) is 25.3 Å². The summed E-state index contributed by atoms with van der Waals surface area (Å²) in [6, 6.07) is 19.8. The molecule has 0 aliphatic heterocycles. The normalized spacial score (nSPS) is 10.7. The average Bonchev–Trinajstić information content (AvgIpc) is 3.17. The summed E-state index contributed by atoms with van der Waals surface area (Å²) in [6.07, 6.45) is 1.70. The number of hydrogen-bond donors (Lipinski definition) is 1. The van der Waals surface area contributed by atoms with Gasteiger partial charge in [-0.3, -0.25) is 4.79 Å². The van der Waals surface area contributed by atoms with Crippen LogP contribution in [-0.4, -0.2) is 25.2 Å². The Balaban J connectivity index is 1.58. The van der Waals surface area contributed by atoms with Crippen LogP contribution in [0, 0.1) is 0 Å². The van der Waals surface area contributed by atoms with E-state index in [4.69, 9.17) is 4.42 Å². The molecule has 0 saturated heterocycles. The second kappa shape index (κ2) is 8.62. The number of nitrogens with one attached hydrogen (secondary N) is 1. The molecule has 2 aromatic carbocycles. The second-order valence-electron chi connectivity index (χ2n) is 5.73. The molecule has 1 heterocycles. The monoisotopic (exact) mass is 362 g/mol. The topological polar surface area (TPSA) is 80.9 Å². The molecule has 0 bridgehead atoms.